The number of nitrogens with one attached hydrogen (secondary N) is 1. The predicted octanol–water partition coefficient (Wildman–Crippen LogP) is -1.54. The van der Waals surface area contributed by atoms with Gasteiger partial charge in [0.1, 0.15) is 0 Å². The Morgan fingerprint density at radius 2 is 2.67 bits per heavy atom. The summed E-state index contributed by atoms with van der Waals surface area (Å²) in [6.45, 7) is 1.15. The van der Waals surface area contributed by atoms with Crippen molar-refractivity contribution in [2.24, 2.45) is 5.73 Å². The first-order chi connectivity index (χ1) is 4.36. The van der Waals surface area contributed by atoms with E-state index in [1.165, 1.54) is 0 Å². The van der Waals surface area contributed by atoms with Crippen LogP contribution in [0.2, 0.25) is 0 Å². The van der Waals surface area contributed by atoms with Crippen LogP contribution in [0.15, 0.2) is 0 Å². The highest BCUT2D eigenvalue weighted by molar-refractivity contribution is 5.55. The Kier molecular flexibility index (Phi) is 2.16. The molecule has 4 heteroatoms. The summed E-state index contributed by atoms with van der Waals surface area (Å²) >= 11 is 0. The molecule has 3 N–H and O–H groups in total. The average Bonchev–Trinajstić information content (AvgIpc) is 2.34. The standard InChI is InChI=1S/C5H10N2O2/c6-1-4-2-7-5(3-8)9-4/h3-5,7H,1-2,6H2. The zero-order valence-electron chi connectivity index (χ0n) is 5.04. The fourth-order valence-electron chi connectivity index (χ4n) is 0.770. The molecule has 1 aliphatic rings. The number of nitrogens with two attached hydrogens (primary N) is 1. The van der Waals surface area contributed by atoms with Crippen LogP contribution in [0.1, 0.15) is 0 Å². The molecule has 0 aromatic rings. The molecule has 0 aliphatic carbocycles. The molecule has 2 atom stereocenters. The van der Waals surface area contributed by atoms with E-state index in [2.05, 4.69) is 5.32 Å². The SMILES string of the molecule is NCC1CNC(C=O)O1. The average molecular weight is 130 g/mol. The van der Waals surface area contributed by atoms with E-state index in [0.717, 1.165) is 6.29 Å². The first kappa shape index (κ1) is 6.67. The number of carbonyl (C=O) groups is 1. The minimum absolute atomic E-state index is 0.0141. The van der Waals surface area contributed by atoms with Crippen LogP contribution in [0.4, 0.5) is 0 Å². The van der Waals surface area contributed by atoms with Crippen molar-refractivity contribution in [1.29, 1.82) is 0 Å². The molecule has 1 fully saturated rings. The Bertz CT molecular complexity index is 107. The molecule has 0 aromatic heterocycles. The fraction of sp³-hybridized carbons (Fsp3) is 0.800. The second-order valence-electron chi connectivity index (χ2n) is 1.96. The molecule has 9 heavy (non-hydrogen) atoms. The fourth-order valence-corrected chi connectivity index (χ4v) is 0.770. The molecular weight excluding hydrogens is 120 g/mol. The van der Waals surface area contributed by atoms with E-state index in [1.807, 2.05) is 0 Å². The monoisotopic (exact) mass is 130 g/mol. The van der Waals surface area contributed by atoms with Crippen LogP contribution in [0.3, 0.4) is 0 Å². The van der Waals surface area contributed by atoms with E-state index in [1.54, 1.807) is 0 Å². The number of carbonyl (C=O) groups excluding carboxylic acids is 1. The van der Waals surface area contributed by atoms with Crippen LogP contribution in [0.5, 0.6) is 0 Å². The van der Waals surface area contributed by atoms with Crippen LogP contribution >= 0.6 is 0 Å². The lowest BCUT2D eigenvalue weighted by Gasteiger charge is -2.03. The lowest BCUT2D eigenvalue weighted by molar-refractivity contribution is -0.118. The van der Waals surface area contributed by atoms with Crippen molar-refractivity contribution in [3.63, 3.8) is 0 Å². The summed E-state index contributed by atoms with van der Waals surface area (Å²) in [7, 11) is 0. The van der Waals surface area contributed by atoms with E-state index in [4.69, 9.17) is 10.5 Å². The maximum atomic E-state index is 10.0. The van der Waals surface area contributed by atoms with Crippen LogP contribution in [0, 0.1) is 0 Å². The Morgan fingerprint density at radius 3 is 3.00 bits per heavy atom. The van der Waals surface area contributed by atoms with E-state index in [9.17, 15) is 4.79 Å². The Hall–Kier alpha value is -0.450. The molecule has 1 heterocycles. The van der Waals surface area contributed by atoms with Gasteiger partial charge in [0.05, 0.1) is 6.10 Å². The molecule has 2 unspecified atom stereocenters. The van der Waals surface area contributed by atoms with Crippen LogP contribution < -0.4 is 11.1 Å². The third-order valence-electron chi connectivity index (χ3n) is 1.27. The number of hydrogen-bond acceptors (Lipinski definition) is 4. The van der Waals surface area contributed by atoms with Crippen LogP contribution in [-0.2, 0) is 9.53 Å². The summed E-state index contributed by atoms with van der Waals surface area (Å²) < 4.78 is 5.06. The van der Waals surface area contributed by atoms with Gasteiger partial charge in [-0.15, -0.1) is 0 Å². The first-order valence-corrected chi connectivity index (χ1v) is 2.91. The molecule has 0 aromatic carbocycles. The van der Waals surface area contributed by atoms with Crippen molar-refractivity contribution >= 4 is 6.29 Å². The van der Waals surface area contributed by atoms with Gasteiger partial charge in [0.25, 0.3) is 0 Å². The largest absolute Gasteiger partial charge is 0.350 e. The molecule has 1 saturated heterocycles. The van der Waals surface area contributed by atoms with Gasteiger partial charge in [-0.3, -0.25) is 10.1 Å². The smallest absolute Gasteiger partial charge is 0.165 e. The van der Waals surface area contributed by atoms with Gasteiger partial charge < -0.3 is 10.5 Å². The van der Waals surface area contributed by atoms with Gasteiger partial charge in [0.15, 0.2) is 12.5 Å². The van der Waals surface area contributed by atoms with Crippen molar-refractivity contribution < 1.29 is 9.53 Å². The Balaban J connectivity index is 2.28. The summed E-state index contributed by atoms with van der Waals surface area (Å²) in [5, 5.41) is 2.84. The summed E-state index contributed by atoms with van der Waals surface area (Å²) in [6.07, 6.45) is 0.314. The predicted molar refractivity (Wildman–Crippen MR) is 31.8 cm³/mol. The van der Waals surface area contributed by atoms with Gasteiger partial charge in [-0.25, -0.2) is 0 Å². The molecule has 0 radical (unpaired) electrons. The normalized spacial score (nSPS) is 34.8. The minimum atomic E-state index is -0.432. The molecule has 1 aliphatic heterocycles. The van der Waals surface area contributed by atoms with Crippen molar-refractivity contribution in [3.05, 3.63) is 0 Å². The summed E-state index contributed by atoms with van der Waals surface area (Å²) in [5.74, 6) is 0. The van der Waals surface area contributed by atoms with E-state index >= 15 is 0 Å². The Labute approximate surface area is 53.4 Å². The third-order valence-corrected chi connectivity index (χ3v) is 1.27. The van der Waals surface area contributed by atoms with E-state index in [0.29, 0.717) is 13.1 Å². The molecule has 0 spiro atoms. The maximum Gasteiger partial charge on any atom is 0.165 e. The number of rotatable bonds is 2. The van der Waals surface area contributed by atoms with Crippen molar-refractivity contribution in [1.82, 2.24) is 5.32 Å². The zero-order chi connectivity index (χ0) is 6.69. The molecule has 52 valence electrons. The van der Waals surface area contributed by atoms with Crippen LogP contribution in [0.25, 0.3) is 0 Å². The number of hydrogen-bond donors (Lipinski definition) is 2. The lowest BCUT2D eigenvalue weighted by Crippen LogP contribution is -2.23. The zero-order valence-corrected chi connectivity index (χ0v) is 5.04. The maximum absolute atomic E-state index is 10.0. The van der Waals surface area contributed by atoms with E-state index in [-0.39, 0.29) is 6.10 Å². The minimum Gasteiger partial charge on any atom is -0.350 e. The van der Waals surface area contributed by atoms with Crippen LogP contribution in [-0.4, -0.2) is 31.7 Å². The second kappa shape index (κ2) is 2.91. The van der Waals surface area contributed by atoms with Gasteiger partial charge in [-0.05, 0) is 0 Å². The Morgan fingerprint density at radius 1 is 1.89 bits per heavy atom. The second-order valence-corrected chi connectivity index (χ2v) is 1.96. The lowest BCUT2D eigenvalue weighted by atomic mass is 10.4. The molecule has 0 amide bonds. The highest BCUT2D eigenvalue weighted by Crippen LogP contribution is 1.99. The highest BCUT2D eigenvalue weighted by atomic mass is 16.5. The first-order valence-electron chi connectivity index (χ1n) is 2.91. The number of aldehydes is 1. The van der Waals surface area contributed by atoms with Crippen molar-refractivity contribution in [2.45, 2.75) is 12.3 Å². The van der Waals surface area contributed by atoms with Gasteiger partial charge in [0.2, 0.25) is 0 Å². The molecule has 1 rings (SSSR count). The molecule has 0 saturated carbocycles. The summed E-state index contributed by atoms with van der Waals surface area (Å²) in [6, 6.07) is 0. The summed E-state index contributed by atoms with van der Waals surface area (Å²) in [5.41, 5.74) is 5.27. The number of ether oxygens (including phenoxy) is 1. The summed E-state index contributed by atoms with van der Waals surface area (Å²) in [4.78, 5) is 10.0. The van der Waals surface area contributed by atoms with Gasteiger partial charge in [0, 0.05) is 13.1 Å². The topological polar surface area (TPSA) is 64.3 Å². The highest BCUT2D eigenvalue weighted by Gasteiger charge is 2.21. The molecule has 4 nitrogen and oxygen atoms in total. The van der Waals surface area contributed by atoms with Gasteiger partial charge in [-0.1, -0.05) is 0 Å². The molecule has 0 bridgehead atoms. The van der Waals surface area contributed by atoms with E-state index < -0.39 is 6.23 Å². The third kappa shape index (κ3) is 1.48. The van der Waals surface area contributed by atoms with Gasteiger partial charge >= 0.3 is 0 Å². The van der Waals surface area contributed by atoms with Crippen molar-refractivity contribution in [2.75, 3.05) is 13.1 Å². The molecular formula is C5H10N2O2. The quantitative estimate of drug-likeness (QED) is 0.444. The van der Waals surface area contributed by atoms with Crippen molar-refractivity contribution in [3.8, 4) is 0 Å². The van der Waals surface area contributed by atoms with Gasteiger partial charge in [-0.2, -0.15) is 0 Å².